The van der Waals surface area contributed by atoms with E-state index in [0.717, 1.165) is 12.2 Å². The second-order valence-electron chi connectivity index (χ2n) is 7.89. The van der Waals surface area contributed by atoms with E-state index in [-0.39, 0.29) is 16.7 Å². The first-order valence-electron chi connectivity index (χ1n) is 10.7. The van der Waals surface area contributed by atoms with Gasteiger partial charge < -0.3 is 20.7 Å². The molecule has 12 nitrogen and oxygen atoms in total. The molecule has 0 amide bonds. The number of nitrogen functional groups attached to an aromatic ring is 1. The third-order valence-corrected chi connectivity index (χ3v) is 8.14. The third kappa shape index (κ3) is 7.87. The maximum atomic E-state index is 10.6. The minimum Gasteiger partial charge on any atom is -0.387 e. The van der Waals surface area contributed by atoms with Gasteiger partial charge in [-0.05, 0) is 30.2 Å². The Hall–Kier alpha value is -1.29. The van der Waals surface area contributed by atoms with Crippen molar-refractivity contribution in [2.24, 2.45) is 0 Å². The Morgan fingerprint density at radius 3 is 2.42 bits per heavy atom. The summed E-state index contributed by atoms with van der Waals surface area (Å²) in [6, 6.07) is 0. The number of aromatic nitrogens is 4. The number of nitrogens with two attached hydrogens (primary N) is 1. The number of nitrogens with zero attached hydrogens (tertiary/aromatic N) is 4. The maximum Gasteiger partial charge on any atom is 0.167 e. The monoisotopic (exact) mass is 509 g/mol. The number of aliphatic hydroxyl groups is 2. The van der Waals surface area contributed by atoms with Crippen molar-refractivity contribution in [1.29, 1.82) is 0 Å². The number of halogens is 1. The minimum atomic E-state index is -4.94. The van der Waals surface area contributed by atoms with Gasteiger partial charge >= 0.3 is 0 Å². The minimum absolute atomic E-state index is 0.104. The van der Waals surface area contributed by atoms with Gasteiger partial charge in [0.05, 0.1) is 12.6 Å². The molecule has 33 heavy (non-hydrogen) atoms. The summed E-state index contributed by atoms with van der Waals surface area (Å²) in [5, 5.41) is 21.8. The van der Waals surface area contributed by atoms with Gasteiger partial charge in [-0.3, -0.25) is 4.57 Å². The average Bonchev–Trinajstić information content (AvgIpc) is 3.27. The van der Waals surface area contributed by atoms with Gasteiger partial charge in [-0.25, -0.2) is 33.6 Å². The number of unbranched alkanes of at least 4 members (excludes halogenated alkanes) is 2. The van der Waals surface area contributed by atoms with Gasteiger partial charge in [-0.2, -0.15) is 0 Å². The van der Waals surface area contributed by atoms with Gasteiger partial charge in [0.25, 0.3) is 0 Å². The van der Waals surface area contributed by atoms with Crippen LogP contribution in [0.2, 0.25) is 0 Å². The summed E-state index contributed by atoms with van der Waals surface area (Å²) < 4.78 is 41.7. The Labute approximate surface area is 197 Å². The maximum absolute atomic E-state index is 10.6. The molecule has 2 aromatic rings. The molecule has 0 radical (unpaired) electrons. The van der Waals surface area contributed by atoms with Crippen molar-refractivity contribution in [3.05, 3.63) is 12.7 Å². The van der Waals surface area contributed by atoms with Crippen LogP contribution in [0.4, 0.5) is 5.82 Å². The number of anilines is 1. The van der Waals surface area contributed by atoms with E-state index in [0.29, 0.717) is 16.4 Å². The molecule has 0 bridgehead atoms. The Bertz CT molecular complexity index is 865. The molecular weight excluding hydrogens is 478 g/mol. The molecule has 6 atom stereocenters. The molecule has 188 valence electrons. The van der Waals surface area contributed by atoms with Crippen LogP contribution in [0.1, 0.15) is 52.2 Å². The van der Waals surface area contributed by atoms with Crippen molar-refractivity contribution in [2.45, 2.75) is 75.7 Å². The zero-order chi connectivity index (χ0) is 24.8. The second-order valence-corrected chi connectivity index (χ2v) is 11.0. The van der Waals surface area contributed by atoms with E-state index in [4.69, 9.17) is 29.1 Å². The summed E-state index contributed by atoms with van der Waals surface area (Å²) in [6.07, 6.45) is 8.06. The Morgan fingerprint density at radius 1 is 1.15 bits per heavy atom. The Kier molecular flexibility index (Phi) is 10.5. The van der Waals surface area contributed by atoms with Crippen LogP contribution in [-0.4, -0.2) is 65.3 Å². The molecule has 1 aliphatic heterocycles. The lowest BCUT2D eigenvalue weighted by atomic mass is 10.1. The first-order valence-corrected chi connectivity index (χ1v) is 13.8. The van der Waals surface area contributed by atoms with Crippen LogP contribution in [0, 0.1) is 10.2 Å². The number of rotatable bonds is 9. The fraction of sp³-hybridized carbons (Fsp3) is 0.737. The highest BCUT2D eigenvalue weighted by molar-refractivity contribution is 7.96. The average molecular weight is 510 g/mol. The van der Waals surface area contributed by atoms with E-state index < -0.39 is 34.8 Å². The van der Waals surface area contributed by atoms with Gasteiger partial charge in [0.1, 0.15) is 41.2 Å². The van der Waals surface area contributed by atoms with Crippen molar-refractivity contribution in [1.82, 2.24) is 19.5 Å². The van der Waals surface area contributed by atoms with E-state index in [2.05, 4.69) is 35.1 Å². The predicted octanol–water partition coefficient (Wildman–Crippen LogP) is -3.12. The predicted molar refractivity (Wildman–Crippen MR) is 112 cm³/mol. The highest BCUT2D eigenvalue weighted by Gasteiger charge is 2.47. The van der Waals surface area contributed by atoms with E-state index in [1.807, 2.05) is 0 Å². The molecule has 0 aromatic carbocycles. The number of hydrogen-bond donors (Lipinski definition) is 3. The fourth-order valence-electron chi connectivity index (χ4n) is 3.86. The summed E-state index contributed by atoms with van der Waals surface area (Å²) in [6.45, 7) is 4.45. The molecule has 0 saturated carbocycles. The fourth-order valence-corrected chi connectivity index (χ4v) is 6.06. The van der Waals surface area contributed by atoms with Crippen LogP contribution in [0.15, 0.2) is 12.7 Å². The number of fused-ring (bicyclic) bond motifs is 1. The van der Waals surface area contributed by atoms with Crippen molar-refractivity contribution < 1.29 is 43.8 Å². The molecule has 1 fully saturated rings. The third-order valence-electron chi connectivity index (χ3n) is 5.58. The van der Waals surface area contributed by atoms with E-state index >= 15 is 0 Å². The van der Waals surface area contributed by atoms with Gasteiger partial charge in [0.15, 0.2) is 17.7 Å². The van der Waals surface area contributed by atoms with Gasteiger partial charge in [0, 0.05) is 0 Å². The summed E-state index contributed by atoms with van der Waals surface area (Å²) in [5.74, 6) is 1.02. The first-order chi connectivity index (χ1) is 15.5. The van der Waals surface area contributed by atoms with Gasteiger partial charge in [-0.1, -0.05) is 26.7 Å². The highest BCUT2D eigenvalue weighted by Crippen LogP contribution is 2.33. The first kappa shape index (κ1) is 28.0. The topological polar surface area (TPSA) is 212 Å². The molecule has 1 aliphatic rings. The van der Waals surface area contributed by atoms with Crippen LogP contribution >= 0.6 is 0 Å². The van der Waals surface area contributed by atoms with E-state index in [1.165, 1.54) is 38.3 Å². The van der Waals surface area contributed by atoms with Crippen molar-refractivity contribution in [3.63, 3.8) is 0 Å². The van der Waals surface area contributed by atoms with E-state index in [1.54, 1.807) is 4.57 Å². The summed E-state index contributed by atoms with van der Waals surface area (Å²) in [7, 11) is -4.84. The van der Waals surface area contributed by atoms with E-state index in [9.17, 15) is 10.2 Å². The molecule has 0 spiro atoms. The van der Waals surface area contributed by atoms with Gasteiger partial charge in [0.2, 0.25) is 0 Å². The summed E-state index contributed by atoms with van der Waals surface area (Å²) in [4.78, 5) is 12.4. The van der Waals surface area contributed by atoms with Crippen LogP contribution in [0.3, 0.4) is 0 Å². The lowest BCUT2D eigenvalue weighted by molar-refractivity contribution is -2.00. The molecule has 3 rings (SSSR count). The number of aliphatic hydroxyl groups excluding tert-OH is 2. The standard InChI is InChI=1S/C19H32N5O3S.ClHO4/c1-4-6-7-8-12(5-2)28(3)9-13-15(25)16(26)19(27-13)24-11-23-14-17(20)21-10-22-18(14)24;2-1(3,4)5/h10-13,15-16,19,25-26H,4-9H2,1-3H3,(H2,20,21,22);(H,2,3,4,5)/q+1;/p-1/t12?,13-,15-,16-,19+,28?;/m1./s1. The van der Waals surface area contributed by atoms with Crippen LogP contribution in [-0.2, 0) is 15.6 Å². The molecule has 3 heterocycles. The number of ether oxygens (including phenoxy) is 1. The molecule has 1 saturated heterocycles. The highest BCUT2D eigenvalue weighted by atomic mass is 35.7. The van der Waals surface area contributed by atoms with Crippen molar-refractivity contribution in [2.75, 3.05) is 17.7 Å². The SMILES string of the molecule is CCCCCC(CC)[S+](C)C[C@H]1O[C@H](n2cnc3c(N)ncnc32)[C@H](O)[C@@H]1O.[O-][Cl+3]([O-])([O-])[O-]. The largest absolute Gasteiger partial charge is 0.387 e. The number of hydrogen-bond acceptors (Lipinski definition) is 11. The Morgan fingerprint density at radius 2 is 1.82 bits per heavy atom. The zero-order valence-corrected chi connectivity index (χ0v) is 20.4. The molecular formula is C19H32ClN5O7S. The van der Waals surface area contributed by atoms with Crippen LogP contribution < -0.4 is 24.4 Å². The van der Waals surface area contributed by atoms with Crippen LogP contribution in [0.25, 0.3) is 11.2 Å². The quantitative estimate of drug-likeness (QED) is 0.227. The smallest absolute Gasteiger partial charge is 0.167 e. The summed E-state index contributed by atoms with van der Waals surface area (Å²) in [5.41, 5.74) is 6.80. The normalized spacial score (nSPS) is 25.0. The summed E-state index contributed by atoms with van der Waals surface area (Å²) >= 11 is 0. The molecule has 0 aliphatic carbocycles. The lowest BCUT2D eigenvalue weighted by Gasteiger charge is -2.19. The second kappa shape index (κ2) is 12.4. The molecule has 14 heteroatoms. The molecule has 2 aromatic heterocycles. The lowest BCUT2D eigenvalue weighted by Crippen LogP contribution is -2.68. The Balaban J connectivity index is 0.000000696. The van der Waals surface area contributed by atoms with Crippen molar-refractivity contribution >= 4 is 27.9 Å². The molecule has 4 N–H and O–H groups in total. The van der Waals surface area contributed by atoms with Crippen molar-refractivity contribution in [3.8, 4) is 0 Å². The zero-order valence-electron chi connectivity index (χ0n) is 18.9. The van der Waals surface area contributed by atoms with Crippen LogP contribution in [0.5, 0.6) is 0 Å². The van der Waals surface area contributed by atoms with Gasteiger partial charge in [-0.15, -0.1) is 10.2 Å². The number of imidazole rings is 1. The molecule has 2 unspecified atom stereocenters.